The summed E-state index contributed by atoms with van der Waals surface area (Å²) in [5, 5.41) is 9.57. The molecule has 2 N–H and O–H groups in total. The number of amides is 1. The van der Waals surface area contributed by atoms with Crippen LogP contribution in [-0.4, -0.2) is 58.5 Å². The Hall–Kier alpha value is -3.99. The number of ether oxygens (including phenoxy) is 1. The summed E-state index contributed by atoms with van der Waals surface area (Å²) in [6.45, 7) is 1.69. The van der Waals surface area contributed by atoms with Crippen LogP contribution in [0.15, 0.2) is 45.6 Å². The number of nitrogens with one attached hydrogen (secondary N) is 2. The van der Waals surface area contributed by atoms with Gasteiger partial charge in [0.15, 0.2) is 5.82 Å². The van der Waals surface area contributed by atoms with E-state index in [-0.39, 0.29) is 43.3 Å². The van der Waals surface area contributed by atoms with E-state index in [4.69, 9.17) is 14.4 Å². The van der Waals surface area contributed by atoms with Gasteiger partial charge < -0.3 is 14.1 Å². The molecule has 1 aromatic heterocycles. The van der Waals surface area contributed by atoms with Crippen molar-refractivity contribution >= 4 is 33.0 Å². The highest BCUT2D eigenvalue weighted by atomic mass is 32.2. The summed E-state index contributed by atoms with van der Waals surface area (Å²) in [6.07, 6.45) is -0.314. The summed E-state index contributed by atoms with van der Waals surface area (Å²) >= 11 is 0. The zero-order valence-corrected chi connectivity index (χ0v) is 22.5. The second-order valence-corrected chi connectivity index (χ2v) is 11.1. The Labute approximate surface area is 227 Å². The molecule has 0 aliphatic carbocycles. The van der Waals surface area contributed by atoms with Crippen molar-refractivity contribution in [1.82, 2.24) is 14.5 Å². The van der Waals surface area contributed by atoms with E-state index in [0.29, 0.717) is 37.0 Å². The van der Waals surface area contributed by atoms with Crippen LogP contribution in [0.4, 0.5) is 14.9 Å². The van der Waals surface area contributed by atoms with Gasteiger partial charge in [-0.15, -0.1) is 0 Å². The molecule has 11 nitrogen and oxygen atoms in total. The molecule has 1 fully saturated rings. The molecule has 0 spiro atoms. The van der Waals surface area contributed by atoms with Crippen LogP contribution in [0.3, 0.4) is 0 Å². The predicted octanol–water partition coefficient (Wildman–Crippen LogP) is 3.30. The number of likely N-dealkylation sites (tertiary alicyclic amines) is 1. The first kappa shape index (κ1) is 28.0. The Balaban J connectivity index is 0.00000294. The lowest BCUT2D eigenvalue weighted by atomic mass is 9.93. The van der Waals surface area contributed by atoms with Gasteiger partial charge in [-0.1, -0.05) is 12.1 Å². The number of rotatable bonds is 9. The van der Waals surface area contributed by atoms with Crippen LogP contribution < -0.4 is 19.8 Å². The summed E-state index contributed by atoms with van der Waals surface area (Å²) in [6, 6.07) is 11.1. The Kier molecular flexibility index (Phi) is 8.19. The van der Waals surface area contributed by atoms with Gasteiger partial charge >= 0.3 is 11.7 Å². The van der Waals surface area contributed by atoms with Crippen molar-refractivity contribution in [2.24, 2.45) is 5.92 Å². The number of carbonyl (C=O) groups is 1. The van der Waals surface area contributed by atoms with E-state index < -0.39 is 27.7 Å². The number of halogens is 1. The lowest BCUT2D eigenvalue weighted by molar-refractivity contribution is 0.0955. The van der Waals surface area contributed by atoms with Crippen LogP contribution in [0, 0.1) is 23.1 Å². The van der Waals surface area contributed by atoms with Crippen LogP contribution in [0.2, 0.25) is 0 Å². The van der Waals surface area contributed by atoms with Crippen LogP contribution in [-0.2, 0) is 23.2 Å². The monoisotopic (exact) mass is 561 g/mol. The quantitative estimate of drug-likeness (QED) is 0.379. The number of anilines is 1. The van der Waals surface area contributed by atoms with E-state index in [1.807, 2.05) is 0 Å². The summed E-state index contributed by atoms with van der Waals surface area (Å²) in [7, 11) is 0.317. The van der Waals surface area contributed by atoms with Gasteiger partial charge in [0.1, 0.15) is 11.3 Å². The third-order valence-electron chi connectivity index (χ3n) is 6.42. The molecule has 13 heteroatoms. The van der Waals surface area contributed by atoms with Gasteiger partial charge in [0.2, 0.25) is 0 Å². The Bertz CT molecular complexity index is 1620. The number of nitriles is 1. The van der Waals surface area contributed by atoms with Crippen molar-refractivity contribution < 1.29 is 29.6 Å². The molecule has 2 heterocycles. The molecule has 0 atom stereocenters. The molecular weight excluding hydrogens is 529 g/mol. The van der Waals surface area contributed by atoms with E-state index in [0.717, 1.165) is 0 Å². The summed E-state index contributed by atoms with van der Waals surface area (Å²) < 4.78 is 54.2. The molecule has 210 valence electrons. The Morgan fingerprint density at radius 2 is 2.03 bits per heavy atom. The topological polar surface area (TPSA) is 145 Å². The highest BCUT2D eigenvalue weighted by Crippen LogP contribution is 2.31. The largest absolute Gasteiger partial charge is 0.422 e. The van der Waals surface area contributed by atoms with E-state index in [1.165, 1.54) is 36.2 Å². The molecule has 3 aromatic rings. The fourth-order valence-corrected chi connectivity index (χ4v) is 4.92. The lowest BCUT2D eigenvalue weighted by Gasteiger charge is -2.38. The molecule has 39 heavy (non-hydrogen) atoms. The fourth-order valence-electron chi connectivity index (χ4n) is 4.37. The Morgan fingerprint density at radius 3 is 2.69 bits per heavy atom. The summed E-state index contributed by atoms with van der Waals surface area (Å²) in [5.74, 6) is -0.390. The van der Waals surface area contributed by atoms with E-state index in [9.17, 15) is 18.0 Å². The second-order valence-electron chi connectivity index (χ2n) is 9.45. The third kappa shape index (κ3) is 6.36. The maximum atomic E-state index is 15.3. The first-order valence-corrected chi connectivity index (χ1v) is 13.5. The number of hydrogen-bond donors (Lipinski definition) is 2. The smallest absolute Gasteiger partial charge is 0.414 e. The number of fused-ring (bicyclic) bond motifs is 1. The lowest BCUT2D eigenvalue weighted by Crippen LogP contribution is -2.46. The van der Waals surface area contributed by atoms with E-state index in [1.54, 1.807) is 26.2 Å². The molecule has 1 aliphatic heterocycles. The van der Waals surface area contributed by atoms with Crippen molar-refractivity contribution in [3.8, 4) is 11.8 Å². The highest BCUT2D eigenvalue weighted by Gasteiger charge is 2.29. The SMILES string of the molecule is CNS(=O)(=O)Nc1cccc(Cc2c(CN3CC(CC#N)C3)c3ccc(OC(=O)N(C)C)cc3oc2=O)c1F.[HH].[HH]. The van der Waals surface area contributed by atoms with Crippen LogP contribution >= 0.6 is 0 Å². The van der Waals surface area contributed by atoms with Gasteiger partial charge in [0, 0.05) is 73.5 Å². The molecule has 0 bridgehead atoms. The van der Waals surface area contributed by atoms with Gasteiger partial charge in [-0.05, 0) is 35.2 Å². The average Bonchev–Trinajstić information content (AvgIpc) is 2.86. The van der Waals surface area contributed by atoms with Crippen molar-refractivity contribution in [3.63, 3.8) is 0 Å². The van der Waals surface area contributed by atoms with Crippen molar-refractivity contribution in [2.75, 3.05) is 39.0 Å². The number of hydrogen-bond acceptors (Lipinski definition) is 8. The van der Waals surface area contributed by atoms with Crippen molar-refractivity contribution in [3.05, 3.63) is 69.3 Å². The number of nitrogens with zero attached hydrogens (tertiary/aromatic N) is 3. The Morgan fingerprint density at radius 1 is 1.28 bits per heavy atom. The predicted molar refractivity (Wildman–Crippen MR) is 146 cm³/mol. The molecule has 0 unspecified atom stereocenters. The molecule has 1 saturated heterocycles. The normalized spacial score (nSPS) is 14.0. The molecule has 0 saturated carbocycles. The zero-order valence-electron chi connectivity index (χ0n) is 21.7. The molecular formula is C26H32FN5O6S. The van der Waals surface area contributed by atoms with Gasteiger partial charge in [0.25, 0.3) is 10.2 Å². The van der Waals surface area contributed by atoms with Gasteiger partial charge in [-0.2, -0.15) is 13.7 Å². The van der Waals surface area contributed by atoms with E-state index in [2.05, 4.69) is 20.4 Å². The van der Waals surface area contributed by atoms with Crippen molar-refractivity contribution in [1.29, 1.82) is 5.26 Å². The standard InChI is InChI=1S/C26H28FN5O6S.2H2/c1-29-39(35,36)30-22-6-4-5-17(24(22)27)11-20-21(15-32-13-16(14-32)9-10-28)19-8-7-18(37-26(34)31(2)3)12-23(19)38-25(20)33;;/h4-8,12,16,29-30H,9,11,13-15H2,1-3H3;2*1H. The maximum Gasteiger partial charge on any atom is 0.414 e. The minimum atomic E-state index is -3.96. The zero-order chi connectivity index (χ0) is 28.3. The molecule has 1 aliphatic rings. The average molecular weight is 562 g/mol. The van der Waals surface area contributed by atoms with Crippen molar-refractivity contribution in [2.45, 2.75) is 19.4 Å². The van der Waals surface area contributed by atoms with Gasteiger partial charge in [-0.3, -0.25) is 9.62 Å². The molecule has 2 aromatic carbocycles. The molecule has 0 radical (unpaired) electrons. The highest BCUT2D eigenvalue weighted by molar-refractivity contribution is 7.90. The minimum absolute atomic E-state index is 0. The number of carbonyl (C=O) groups excluding carboxylic acids is 1. The van der Waals surface area contributed by atoms with Gasteiger partial charge in [0.05, 0.1) is 11.8 Å². The summed E-state index contributed by atoms with van der Waals surface area (Å²) in [4.78, 5) is 28.6. The van der Waals surface area contributed by atoms with Crippen LogP contribution in [0.25, 0.3) is 11.0 Å². The van der Waals surface area contributed by atoms with Crippen LogP contribution in [0.5, 0.6) is 5.75 Å². The van der Waals surface area contributed by atoms with Gasteiger partial charge in [-0.25, -0.2) is 18.7 Å². The van der Waals surface area contributed by atoms with E-state index >= 15 is 4.39 Å². The first-order chi connectivity index (χ1) is 18.5. The first-order valence-electron chi connectivity index (χ1n) is 12.1. The molecule has 4 rings (SSSR count). The second kappa shape index (κ2) is 11.4. The minimum Gasteiger partial charge on any atom is -0.422 e. The fraction of sp³-hybridized carbons (Fsp3) is 0.346. The molecule has 1 amide bonds. The van der Waals surface area contributed by atoms with Crippen LogP contribution in [0.1, 0.15) is 26.0 Å². The summed E-state index contributed by atoms with van der Waals surface area (Å²) in [5.41, 5.74) is 0.181. The number of benzene rings is 2. The maximum absolute atomic E-state index is 15.3. The third-order valence-corrected chi connectivity index (χ3v) is 7.44.